The van der Waals surface area contributed by atoms with Gasteiger partial charge in [-0.1, -0.05) is 78.9 Å². The third-order valence-electron chi connectivity index (χ3n) is 7.49. The number of amides is 2. The van der Waals surface area contributed by atoms with Gasteiger partial charge in [0.25, 0.3) is 5.91 Å². The van der Waals surface area contributed by atoms with Crippen molar-refractivity contribution in [3.8, 4) is 17.0 Å². The maximum Gasteiger partial charge on any atom is 0.255 e. The van der Waals surface area contributed by atoms with Crippen molar-refractivity contribution in [1.29, 1.82) is 0 Å². The van der Waals surface area contributed by atoms with Gasteiger partial charge in [-0.2, -0.15) is 0 Å². The number of nitrogens with zero attached hydrogens (tertiary/aromatic N) is 2. The van der Waals surface area contributed by atoms with Gasteiger partial charge in [-0.25, -0.2) is 0 Å². The summed E-state index contributed by atoms with van der Waals surface area (Å²) in [6.07, 6.45) is 0. The molecule has 6 heteroatoms. The van der Waals surface area contributed by atoms with Gasteiger partial charge in [-0.05, 0) is 41.0 Å². The smallest absolute Gasteiger partial charge is 0.255 e. The molecule has 4 aromatic carbocycles. The molecule has 2 heterocycles. The van der Waals surface area contributed by atoms with Gasteiger partial charge in [0.15, 0.2) is 0 Å². The quantitative estimate of drug-likeness (QED) is 0.302. The molecular weight excluding hydrogens is 486 g/mol. The van der Waals surface area contributed by atoms with Crippen LogP contribution in [0.5, 0.6) is 5.75 Å². The number of carbonyl (C=O) groups is 2. The molecule has 0 fully saturated rings. The minimum absolute atomic E-state index is 0.0498. The van der Waals surface area contributed by atoms with Crippen LogP contribution in [-0.4, -0.2) is 34.9 Å². The van der Waals surface area contributed by atoms with Crippen LogP contribution in [0, 0.1) is 0 Å². The van der Waals surface area contributed by atoms with Gasteiger partial charge >= 0.3 is 0 Å². The van der Waals surface area contributed by atoms with Crippen LogP contribution in [0.2, 0.25) is 0 Å². The maximum absolute atomic E-state index is 13.8. The van der Waals surface area contributed by atoms with Gasteiger partial charge in [-0.3, -0.25) is 9.59 Å². The van der Waals surface area contributed by atoms with E-state index in [-0.39, 0.29) is 18.4 Å². The summed E-state index contributed by atoms with van der Waals surface area (Å²) in [5, 5.41) is 4.06. The van der Waals surface area contributed by atoms with Crippen molar-refractivity contribution >= 4 is 22.7 Å². The van der Waals surface area contributed by atoms with Gasteiger partial charge in [0.05, 0.1) is 18.8 Å². The number of aromatic nitrogens is 1. The lowest BCUT2D eigenvalue weighted by Gasteiger charge is -2.26. The van der Waals surface area contributed by atoms with Crippen molar-refractivity contribution < 1.29 is 14.3 Å². The van der Waals surface area contributed by atoms with E-state index in [9.17, 15) is 9.59 Å². The molecule has 6 rings (SSSR count). The monoisotopic (exact) mass is 515 g/mol. The Hall–Kier alpha value is -4.84. The molecule has 39 heavy (non-hydrogen) atoms. The Morgan fingerprint density at radius 1 is 0.872 bits per heavy atom. The van der Waals surface area contributed by atoms with E-state index < -0.39 is 6.04 Å². The fourth-order valence-electron chi connectivity index (χ4n) is 5.64. The number of nitrogens with one attached hydrogen (secondary N) is 1. The first-order valence-electron chi connectivity index (χ1n) is 13.0. The normalized spacial score (nSPS) is 14.5. The summed E-state index contributed by atoms with van der Waals surface area (Å²) < 4.78 is 7.41. The minimum Gasteiger partial charge on any atom is -0.497 e. The van der Waals surface area contributed by atoms with E-state index in [0.29, 0.717) is 12.1 Å². The largest absolute Gasteiger partial charge is 0.497 e. The lowest BCUT2D eigenvalue weighted by Crippen LogP contribution is -2.39. The number of benzene rings is 4. The summed E-state index contributed by atoms with van der Waals surface area (Å²) in [7, 11) is 3.68. The van der Waals surface area contributed by atoms with Crippen LogP contribution < -0.4 is 10.1 Å². The van der Waals surface area contributed by atoms with Crippen molar-refractivity contribution in [3.05, 3.63) is 125 Å². The second-order valence-electron chi connectivity index (χ2n) is 9.75. The van der Waals surface area contributed by atoms with Crippen LogP contribution in [0.25, 0.3) is 22.2 Å². The van der Waals surface area contributed by atoms with Gasteiger partial charge in [0.2, 0.25) is 5.91 Å². The summed E-state index contributed by atoms with van der Waals surface area (Å²) in [5.74, 6) is 0.415. The second-order valence-corrected chi connectivity index (χ2v) is 9.75. The Bertz CT molecular complexity index is 1670. The first kappa shape index (κ1) is 24.5. The first-order chi connectivity index (χ1) is 19.1. The van der Waals surface area contributed by atoms with Gasteiger partial charge in [-0.15, -0.1) is 0 Å². The highest BCUT2D eigenvalue weighted by molar-refractivity contribution is 6.03. The Balaban J connectivity index is 1.41. The van der Waals surface area contributed by atoms with E-state index in [1.165, 1.54) is 0 Å². The standard InChI is InChI=1S/C33H29N3O3/c1-35-28-15-9-8-14-27(28)30(31(35)23-10-4-3-5-11-23)32-25-12-6-7-13-26(25)33(38)36(32)21-29(37)34-20-22-16-18-24(39-2)19-17-22/h3-19,32H,20-21H2,1-2H3,(H,34,37). The van der Waals surface area contributed by atoms with Crippen LogP contribution in [-0.2, 0) is 18.4 Å². The molecule has 0 aliphatic carbocycles. The molecule has 0 saturated carbocycles. The first-order valence-corrected chi connectivity index (χ1v) is 13.0. The van der Waals surface area contributed by atoms with Crippen LogP contribution >= 0.6 is 0 Å². The SMILES string of the molecule is COc1ccc(CNC(=O)CN2C(=O)c3ccccc3C2c2c(-c3ccccc3)n(C)c3ccccc23)cc1. The zero-order chi connectivity index (χ0) is 26.9. The highest BCUT2D eigenvalue weighted by Gasteiger charge is 2.41. The second kappa shape index (κ2) is 10.1. The predicted octanol–water partition coefficient (Wildman–Crippen LogP) is 5.72. The number of hydrogen-bond acceptors (Lipinski definition) is 3. The molecule has 2 amide bonds. The number of aryl methyl sites for hydroxylation is 1. The third-order valence-corrected chi connectivity index (χ3v) is 7.49. The van der Waals surface area contributed by atoms with Gasteiger partial charge in [0, 0.05) is 35.6 Å². The summed E-state index contributed by atoms with van der Waals surface area (Å²) in [6, 6.07) is 33.3. The number of rotatable bonds is 7. The molecule has 0 saturated heterocycles. The van der Waals surface area contributed by atoms with E-state index in [0.717, 1.165) is 44.6 Å². The Kier molecular flexibility index (Phi) is 6.37. The van der Waals surface area contributed by atoms with E-state index >= 15 is 0 Å². The van der Waals surface area contributed by atoms with E-state index in [2.05, 4.69) is 41.2 Å². The van der Waals surface area contributed by atoms with Gasteiger partial charge in [0.1, 0.15) is 12.3 Å². The zero-order valence-electron chi connectivity index (χ0n) is 21.9. The fraction of sp³-hybridized carbons (Fsp3) is 0.152. The van der Waals surface area contributed by atoms with Crippen LogP contribution in [0.15, 0.2) is 103 Å². The average molecular weight is 516 g/mol. The van der Waals surface area contributed by atoms with Crippen LogP contribution in [0.1, 0.15) is 33.1 Å². The molecule has 0 bridgehead atoms. The van der Waals surface area contributed by atoms with Crippen LogP contribution in [0.4, 0.5) is 0 Å². The summed E-state index contributed by atoms with van der Waals surface area (Å²) in [5.41, 5.74) is 6.71. The molecular formula is C33H29N3O3. The highest BCUT2D eigenvalue weighted by Crippen LogP contribution is 2.46. The number of para-hydroxylation sites is 1. The molecule has 0 spiro atoms. The lowest BCUT2D eigenvalue weighted by molar-refractivity contribution is -0.122. The third kappa shape index (κ3) is 4.34. The van der Waals surface area contributed by atoms with Gasteiger partial charge < -0.3 is 19.5 Å². The minimum atomic E-state index is -0.401. The topological polar surface area (TPSA) is 63.6 Å². The summed E-state index contributed by atoms with van der Waals surface area (Å²) >= 11 is 0. The number of methoxy groups -OCH3 is 1. The molecule has 5 aromatic rings. The van der Waals surface area contributed by atoms with Crippen molar-refractivity contribution in [3.63, 3.8) is 0 Å². The molecule has 1 aromatic heterocycles. The summed E-state index contributed by atoms with van der Waals surface area (Å²) in [6.45, 7) is 0.317. The number of ether oxygens (including phenoxy) is 1. The number of carbonyl (C=O) groups excluding carboxylic acids is 2. The Morgan fingerprint density at radius 3 is 2.33 bits per heavy atom. The van der Waals surface area contributed by atoms with E-state index in [1.54, 1.807) is 12.0 Å². The molecule has 1 aliphatic rings. The average Bonchev–Trinajstić information content (AvgIpc) is 3.42. The molecule has 0 radical (unpaired) electrons. The Morgan fingerprint density at radius 2 is 1.56 bits per heavy atom. The predicted molar refractivity (Wildman–Crippen MR) is 153 cm³/mol. The molecule has 194 valence electrons. The Labute approximate surface area is 227 Å². The number of hydrogen-bond donors (Lipinski definition) is 1. The lowest BCUT2D eigenvalue weighted by atomic mass is 9.93. The molecule has 1 aliphatic heterocycles. The van der Waals surface area contributed by atoms with Crippen LogP contribution in [0.3, 0.4) is 0 Å². The molecule has 6 nitrogen and oxygen atoms in total. The molecule has 1 N–H and O–H groups in total. The van der Waals surface area contributed by atoms with Crippen molar-refractivity contribution in [2.75, 3.05) is 13.7 Å². The molecule has 1 unspecified atom stereocenters. The van der Waals surface area contributed by atoms with E-state index in [4.69, 9.17) is 4.74 Å². The van der Waals surface area contributed by atoms with Crippen molar-refractivity contribution in [1.82, 2.24) is 14.8 Å². The van der Waals surface area contributed by atoms with Crippen molar-refractivity contribution in [2.45, 2.75) is 12.6 Å². The van der Waals surface area contributed by atoms with E-state index in [1.807, 2.05) is 78.9 Å². The zero-order valence-corrected chi connectivity index (χ0v) is 21.9. The van der Waals surface area contributed by atoms with Crippen molar-refractivity contribution in [2.24, 2.45) is 7.05 Å². The summed E-state index contributed by atoms with van der Waals surface area (Å²) in [4.78, 5) is 28.7. The highest BCUT2D eigenvalue weighted by atomic mass is 16.5. The molecule has 1 atom stereocenters. The fourth-order valence-corrected chi connectivity index (χ4v) is 5.64. The maximum atomic E-state index is 13.8. The number of fused-ring (bicyclic) bond motifs is 2.